The van der Waals surface area contributed by atoms with Gasteiger partial charge < -0.3 is 15.2 Å². The molecule has 1 heterocycles. The van der Waals surface area contributed by atoms with Crippen molar-refractivity contribution in [3.8, 4) is 5.75 Å². The van der Waals surface area contributed by atoms with Crippen molar-refractivity contribution in [3.05, 3.63) is 64.3 Å². The van der Waals surface area contributed by atoms with E-state index in [4.69, 9.17) is 9.84 Å². The molecule has 0 spiro atoms. The molecule has 0 aliphatic heterocycles. The van der Waals surface area contributed by atoms with Gasteiger partial charge in [0.2, 0.25) is 5.82 Å². The molecule has 10 heteroatoms. The van der Waals surface area contributed by atoms with E-state index in [0.717, 1.165) is 16.7 Å². The van der Waals surface area contributed by atoms with Gasteiger partial charge in [0.25, 0.3) is 5.91 Å². The van der Waals surface area contributed by atoms with E-state index in [1.54, 1.807) is 12.1 Å². The van der Waals surface area contributed by atoms with Gasteiger partial charge in [0.1, 0.15) is 5.82 Å². The molecule has 190 valence electrons. The second-order valence-corrected chi connectivity index (χ2v) is 9.83. The third-order valence-corrected chi connectivity index (χ3v) is 7.33. The summed E-state index contributed by atoms with van der Waals surface area (Å²) in [5.41, 5.74) is -0.396. The lowest BCUT2D eigenvalue weighted by molar-refractivity contribution is -0.143. The number of nitrogens with one attached hydrogen (secondary N) is 1. The van der Waals surface area contributed by atoms with Crippen LogP contribution in [0.1, 0.15) is 58.6 Å². The van der Waals surface area contributed by atoms with Crippen molar-refractivity contribution < 1.29 is 37.4 Å². The number of benzene rings is 2. The van der Waals surface area contributed by atoms with E-state index in [9.17, 15) is 27.6 Å². The topological polar surface area (TPSA) is 92.7 Å². The van der Waals surface area contributed by atoms with Crippen LogP contribution in [-0.2, 0) is 4.79 Å². The molecular weight excluding hydrogens is 495 g/mol. The molecule has 0 unspecified atom stereocenters. The number of Topliss-reactive ketones (excluding diaryl/α,β-unsaturated/α-hetero) is 1. The summed E-state index contributed by atoms with van der Waals surface area (Å²) in [6, 6.07) is 8.29. The van der Waals surface area contributed by atoms with Gasteiger partial charge in [0.15, 0.2) is 17.3 Å². The molecule has 1 amide bonds. The Bertz CT molecular complexity index is 1300. The Morgan fingerprint density at radius 1 is 1.00 bits per heavy atom. The highest BCUT2D eigenvalue weighted by molar-refractivity contribution is 7.20. The van der Waals surface area contributed by atoms with Crippen LogP contribution < -0.4 is 10.1 Å². The van der Waals surface area contributed by atoms with Crippen molar-refractivity contribution >= 4 is 39.1 Å². The summed E-state index contributed by atoms with van der Waals surface area (Å²) >= 11 is 1.15. The lowest BCUT2D eigenvalue weighted by Crippen LogP contribution is -2.28. The van der Waals surface area contributed by atoms with Gasteiger partial charge in [0, 0.05) is 17.7 Å². The van der Waals surface area contributed by atoms with Crippen molar-refractivity contribution in [2.45, 2.75) is 44.6 Å². The number of carbonyl (C=O) groups excluding carboxylic acids is 2. The highest BCUT2D eigenvalue weighted by Crippen LogP contribution is 2.31. The molecule has 1 fully saturated rings. The highest BCUT2D eigenvalue weighted by atomic mass is 32.1. The Morgan fingerprint density at radius 2 is 1.75 bits per heavy atom. The Morgan fingerprint density at radius 3 is 2.47 bits per heavy atom. The Kier molecular flexibility index (Phi) is 7.93. The predicted octanol–water partition coefficient (Wildman–Crippen LogP) is 5.73. The quantitative estimate of drug-likeness (QED) is 0.278. The fourth-order valence-corrected chi connectivity index (χ4v) is 5.24. The summed E-state index contributed by atoms with van der Waals surface area (Å²) < 4.78 is 48.6. The van der Waals surface area contributed by atoms with Gasteiger partial charge in [0.05, 0.1) is 22.5 Å². The van der Waals surface area contributed by atoms with Crippen LogP contribution in [0.25, 0.3) is 10.1 Å². The van der Waals surface area contributed by atoms with Crippen molar-refractivity contribution in [3.63, 3.8) is 0 Å². The van der Waals surface area contributed by atoms with Crippen LogP contribution in [0.5, 0.6) is 5.75 Å². The van der Waals surface area contributed by atoms with Gasteiger partial charge in [-0.05, 0) is 67.8 Å². The Balaban J connectivity index is 1.27. The molecule has 0 atom stereocenters. The highest BCUT2D eigenvalue weighted by Gasteiger charge is 2.28. The molecule has 0 bridgehead atoms. The summed E-state index contributed by atoms with van der Waals surface area (Å²) in [4.78, 5) is 36.2. The molecule has 1 aliphatic carbocycles. The number of carboxylic acids is 1. The molecule has 2 aromatic carbocycles. The fourth-order valence-electron chi connectivity index (χ4n) is 4.23. The number of carboxylic acid groups (broad SMARTS) is 1. The van der Waals surface area contributed by atoms with E-state index in [1.807, 2.05) is 0 Å². The first kappa shape index (κ1) is 25.7. The second-order valence-electron chi connectivity index (χ2n) is 8.74. The number of amides is 1. The van der Waals surface area contributed by atoms with Crippen LogP contribution in [0.2, 0.25) is 0 Å². The molecule has 1 aromatic heterocycles. The summed E-state index contributed by atoms with van der Waals surface area (Å²) in [5.74, 6) is -5.53. The van der Waals surface area contributed by atoms with Crippen molar-refractivity contribution in [1.29, 1.82) is 0 Å². The zero-order valence-corrected chi connectivity index (χ0v) is 20.0. The minimum Gasteiger partial charge on any atom is -0.487 e. The molecule has 0 radical (unpaired) electrons. The molecule has 2 N–H and O–H groups in total. The molecule has 1 saturated carbocycles. The number of carbonyl (C=O) groups is 3. The summed E-state index contributed by atoms with van der Waals surface area (Å²) in [6.45, 7) is 0.150. The maximum absolute atomic E-state index is 14.6. The minimum atomic E-state index is -1.29. The van der Waals surface area contributed by atoms with E-state index < -0.39 is 41.0 Å². The standard InChI is InChI=1S/C26H24F3NO5S/c27-16-6-3-15-12-22(36-21(15)13-16)25(32)30-11-1-2-19(31)18-9-10-20(24(29)23(18)28)35-17-7-4-14(5-8-17)26(33)34/h3,6,9-10,12-14,17H,1-2,4-5,7-8,11H2,(H,30,32)(H,33,34). The number of fused-ring (bicyclic) bond motifs is 1. The van der Waals surface area contributed by atoms with Gasteiger partial charge in [-0.25, -0.2) is 8.78 Å². The SMILES string of the molecule is O=C(NCCCC(=O)c1ccc(OC2CCC(C(=O)O)CC2)c(F)c1F)c1cc2ccc(F)cc2s1. The third kappa shape index (κ3) is 5.87. The predicted molar refractivity (Wildman–Crippen MR) is 128 cm³/mol. The monoisotopic (exact) mass is 519 g/mol. The average molecular weight is 520 g/mol. The molecule has 0 saturated heterocycles. The molecular formula is C26H24F3NO5S. The first-order chi connectivity index (χ1) is 17.2. The molecule has 3 aromatic rings. The van der Waals surface area contributed by atoms with Crippen molar-refractivity contribution in [2.75, 3.05) is 6.54 Å². The van der Waals surface area contributed by atoms with Crippen LogP contribution in [0, 0.1) is 23.4 Å². The molecule has 36 heavy (non-hydrogen) atoms. The Labute approximate surface area is 209 Å². The molecule has 4 rings (SSSR count). The second kappa shape index (κ2) is 11.1. The van der Waals surface area contributed by atoms with Crippen LogP contribution in [0.3, 0.4) is 0 Å². The zero-order chi connectivity index (χ0) is 25.8. The fraction of sp³-hybridized carbons (Fsp3) is 0.346. The van der Waals surface area contributed by atoms with E-state index >= 15 is 0 Å². The number of halogens is 3. The van der Waals surface area contributed by atoms with Crippen LogP contribution in [0.4, 0.5) is 13.2 Å². The lowest BCUT2D eigenvalue weighted by Gasteiger charge is -2.27. The Hall–Kier alpha value is -3.40. The number of rotatable bonds is 9. The van der Waals surface area contributed by atoms with E-state index in [1.165, 1.54) is 24.3 Å². The number of aliphatic carboxylic acids is 1. The minimum absolute atomic E-state index is 0.103. The maximum atomic E-state index is 14.6. The van der Waals surface area contributed by atoms with E-state index in [2.05, 4.69) is 5.32 Å². The largest absolute Gasteiger partial charge is 0.487 e. The number of ketones is 1. The summed E-state index contributed by atoms with van der Waals surface area (Å²) in [5, 5.41) is 12.5. The van der Waals surface area contributed by atoms with Gasteiger partial charge in [-0.2, -0.15) is 4.39 Å². The normalized spacial score (nSPS) is 17.6. The van der Waals surface area contributed by atoms with Crippen LogP contribution in [0.15, 0.2) is 36.4 Å². The van der Waals surface area contributed by atoms with Crippen LogP contribution in [-0.4, -0.2) is 35.4 Å². The number of thiophene rings is 1. The van der Waals surface area contributed by atoms with Gasteiger partial charge in [-0.1, -0.05) is 6.07 Å². The smallest absolute Gasteiger partial charge is 0.306 e. The average Bonchev–Trinajstić information content (AvgIpc) is 3.28. The van der Waals surface area contributed by atoms with Crippen molar-refractivity contribution in [1.82, 2.24) is 5.32 Å². The number of hydrogen-bond acceptors (Lipinski definition) is 5. The summed E-state index contributed by atoms with van der Waals surface area (Å²) in [6.07, 6.45) is 1.34. The number of hydrogen-bond donors (Lipinski definition) is 2. The van der Waals surface area contributed by atoms with Crippen molar-refractivity contribution in [2.24, 2.45) is 5.92 Å². The third-order valence-electron chi connectivity index (χ3n) is 6.24. The first-order valence-electron chi connectivity index (χ1n) is 11.6. The number of ether oxygens (including phenoxy) is 1. The van der Waals surface area contributed by atoms with E-state index in [-0.39, 0.29) is 36.9 Å². The maximum Gasteiger partial charge on any atom is 0.306 e. The first-order valence-corrected chi connectivity index (χ1v) is 12.4. The van der Waals surface area contributed by atoms with Crippen LogP contribution >= 0.6 is 11.3 Å². The van der Waals surface area contributed by atoms with Gasteiger partial charge >= 0.3 is 5.97 Å². The molecule has 6 nitrogen and oxygen atoms in total. The van der Waals surface area contributed by atoms with Gasteiger partial charge in [-0.3, -0.25) is 14.4 Å². The summed E-state index contributed by atoms with van der Waals surface area (Å²) in [7, 11) is 0. The van der Waals surface area contributed by atoms with E-state index in [0.29, 0.717) is 35.3 Å². The van der Waals surface area contributed by atoms with Gasteiger partial charge in [-0.15, -0.1) is 11.3 Å². The lowest BCUT2D eigenvalue weighted by atomic mass is 9.87. The zero-order valence-electron chi connectivity index (χ0n) is 19.2. The molecule has 1 aliphatic rings.